The fourth-order valence-corrected chi connectivity index (χ4v) is 3.56. The summed E-state index contributed by atoms with van der Waals surface area (Å²) in [6, 6.07) is 17.1. The van der Waals surface area contributed by atoms with Crippen LogP contribution in [0.5, 0.6) is 5.75 Å². The van der Waals surface area contributed by atoms with Gasteiger partial charge >= 0.3 is 0 Å². The standard InChI is InChI=1S/C21H18N4O2S/c1-3-19-24-25-21(28-19)23-20(26)16-12-18(13-7-5-4-6-8-13)22-17-10-9-14(27-2)11-15(16)17/h4-12H,3H2,1-2H3,(H,23,25,26). The Morgan fingerprint density at radius 1 is 1.11 bits per heavy atom. The molecule has 0 radical (unpaired) electrons. The predicted molar refractivity (Wildman–Crippen MR) is 111 cm³/mol. The van der Waals surface area contributed by atoms with Crippen LogP contribution in [-0.4, -0.2) is 28.2 Å². The van der Waals surface area contributed by atoms with E-state index in [2.05, 4.69) is 15.5 Å². The molecule has 140 valence electrons. The Morgan fingerprint density at radius 2 is 1.93 bits per heavy atom. The van der Waals surface area contributed by atoms with Crippen molar-refractivity contribution in [3.63, 3.8) is 0 Å². The fourth-order valence-electron chi connectivity index (χ4n) is 2.89. The van der Waals surface area contributed by atoms with Crippen molar-refractivity contribution in [2.45, 2.75) is 13.3 Å². The highest BCUT2D eigenvalue weighted by Gasteiger charge is 2.16. The van der Waals surface area contributed by atoms with E-state index in [0.29, 0.717) is 16.4 Å². The van der Waals surface area contributed by atoms with Crippen LogP contribution >= 0.6 is 11.3 Å². The van der Waals surface area contributed by atoms with Gasteiger partial charge in [-0.1, -0.05) is 48.6 Å². The van der Waals surface area contributed by atoms with Crippen molar-refractivity contribution < 1.29 is 9.53 Å². The lowest BCUT2D eigenvalue weighted by atomic mass is 10.0. The fraction of sp³-hybridized carbons (Fsp3) is 0.143. The van der Waals surface area contributed by atoms with Crippen LogP contribution in [0.2, 0.25) is 0 Å². The normalized spacial score (nSPS) is 10.8. The number of nitrogens with one attached hydrogen (secondary N) is 1. The second-order valence-corrected chi connectivity index (χ2v) is 7.17. The first kappa shape index (κ1) is 18.1. The van der Waals surface area contributed by atoms with Crippen LogP contribution in [0.25, 0.3) is 22.2 Å². The first-order valence-electron chi connectivity index (χ1n) is 8.86. The van der Waals surface area contributed by atoms with Crippen LogP contribution in [0.1, 0.15) is 22.3 Å². The minimum absolute atomic E-state index is 0.253. The molecule has 4 rings (SSSR count). The van der Waals surface area contributed by atoms with Crippen LogP contribution in [0.4, 0.5) is 5.13 Å². The van der Waals surface area contributed by atoms with Gasteiger partial charge in [-0.15, -0.1) is 10.2 Å². The molecule has 0 aliphatic carbocycles. The summed E-state index contributed by atoms with van der Waals surface area (Å²) in [5, 5.41) is 13.0. The summed E-state index contributed by atoms with van der Waals surface area (Å²) in [6.45, 7) is 2.00. The predicted octanol–water partition coefficient (Wildman–Crippen LogP) is 4.58. The van der Waals surface area contributed by atoms with Crippen LogP contribution in [0, 0.1) is 0 Å². The number of hydrogen-bond acceptors (Lipinski definition) is 6. The number of ether oxygens (including phenoxy) is 1. The molecule has 0 aliphatic rings. The number of aryl methyl sites for hydroxylation is 1. The molecule has 2 heterocycles. The maximum Gasteiger partial charge on any atom is 0.258 e. The minimum Gasteiger partial charge on any atom is -0.497 e. The number of rotatable bonds is 5. The molecule has 0 atom stereocenters. The molecule has 0 aliphatic heterocycles. The topological polar surface area (TPSA) is 77.0 Å². The molecular formula is C21H18N4O2S. The van der Waals surface area contributed by atoms with E-state index in [0.717, 1.165) is 33.6 Å². The third-order valence-corrected chi connectivity index (χ3v) is 5.30. The summed E-state index contributed by atoms with van der Waals surface area (Å²) in [5.74, 6) is 0.414. The highest BCUT2D eigenvalue weighted by molar-refractivity contribution is 7.15. The number of carbonyl (C=O) groups excluding carboxylic acids is 1. The van der Waals surface area contributed by atoms with Crippen molar-refractivity contribution in [3.05, 3.63) is 65.2 Å². The van der Waals surface area contributed by atoms with Gasteiger partial charge in [0.15, 0.2) is 0 Å². The summed E-state index contributed by atoms with van der Waals surface area (Å²) in [7, 11) is 1.60. The summed E-state index contributed by atoms with van der Waals surface area (Å²) >= 11 is 1.38. The number of amides is 1. The molecule has 7 heteroatoms. The van der Waals surface area contributed by atoms with Crippen LogP contribution in [-0.2, 0) is 6.42 Å². The molecular weight excluding hydrogens is 372 g/mol. The Kier molecular flexibility index (Phi) is 4.99. The van der Waals surface area contributed by atoms with Gasteiger partial charge < -0.3 is 4.74 Å². The number of carbonyl (C=O) groups is 1. The highest BCUT2D eigenvalue weighted by Crippen LogP contribution is 2.28. The van der Waals surface area contributed by atoms with Crippen molar-refractivity contribution in [2.24, 2.45) is 0 Å². The van der Waals surface area contributed by atoms with Crippen LogP contribution in [0.3, 0.4) is 0 Å². The van der Waals surface area contributed by atoms with Crippen molar-refractivity contribution in [2.75, 3.05) is 12.4 Å². The third-order valence-electron chi connectivity index (χ3n) is 4.32. The Hall–Kier alpha value is -3.32. The maximum atomic E-state index is 13.1. The Morgan fingerprint density at radius 3 is 2.64 bits per heavy atom. The lowest BCUT2D eigenvalue weighted by molar-refractivity contribution is 0.102. The molecule has 2 aromatic carbocycles. The monoisotopic (exact) mass is 390 g/mol. The molecule has 2 aromatic heterocycles. The molecule has 0 bridgehead atoms. The van der Waals surface area contributed by atoms with E-state index < -0.39 is 0 Å². The first-order valence-corrected chi connectivity index (χ1v) is 9.67. The summed E-state index contributed by atoms with van der Waals surface area (Å²) < 4.78 is 5.33. The average molecular weight is 390 g/mol. The van der Waals surface area contributed by atoms with Gasteiger partial charge in [0.25, 0.3) is 5.91 Å². The van der Waals surface area contributed by atoms with Gasteiger partial charge in [0, 0.05) is 10.9 Å². The molecule has 6 nitrogen and oxygen atoms in total. The van der Waals surface area contributed by atoms with E-state index in [1.807, 2.05) is 55.5 Å². The first-order chi connectivity index (χ1) is 13.7. The zero-order valence-corrected chi connectivity index (χ0v) is 16.3. The van der Waals surface area contributed by atoms with Gasteiger partial charge in [0.2, 0.25) is 5.13 Å². The number of fused-ring (bicyclic) bond motifs is 1. The average Bonchev–Trinajstić information content (AvgIpc) is 3.20. The largest absolute Gasteiger partial charge is 0.497 e. The lowest BCUT2D eigenvalue weighted by Crippen LogP contribution is -2.13. The zero-order chi connectivity index (χ0) is 19.5. The molecule has 0 spiro atoms. The summed E-state index contributed by atoms with van der Waals surface area (Å²) in [6.07, 6.45) is 0.779. The smallest absolute Gasteiger partial charge is 0.258 e. The molecule has 4 aromatic rings. The van der Waals surface area contributed by atoms with Crippen molar-refractivity contribution in [1.29, 1.82) is 0 Å². The minimum atomic E-state index is -0.253. The molecule has 1 N–H and O–H groups in total. The zero-order valence-electron chi connectivity index (χ0n) is 15.5. The van der Waals surface area contributed by atoms with Crippen LogP contribution < -0.4 is 10.1 Å². The van der Waals surface area contributed by atoms with E-state index >= 15 is 0 Å². The van der Waals surface area contributed by atoms with E-state index in [4.69, 9.17) is 9.72 Å². The number of benzene rings is 2. The number of aromatic nitrogens is 3. The number of anilines is 1. The summed E-state index contributed by atoms with van der Waals surface area (Å²) in [5.41, 5.74) is 2.91. The van der Waals surface area contributed by atoms with Crippen molar-refractivity contribution in [1.82, 2.24) is 15.2 Å². The van der Waals surface area contributed by atoms with E-state index in [1.165, 1.54) is 11.3 Å². The van der Waals surface area contributed by atoms with E-state index in [9.17, 15) is 4.79 Å². The number of methoxy groups -OCH3 is 1. The Balaban J connectivity index is 1.82. The maximum absolute atomic E-state index is 13.1. The van der Waals surface area contributed by atoms with Gasteiger partial charge in [-0.2, -0.15) is 0 Å². The molecule has 1 amide bonds. The highest BCUT2D eigenvalue weighted by atomic mass is 32.1. The van der Waals surface area contributed by atoms with Gasteiger partial charge in [-0.3, -0.25) is 10.1 Å². The number of nitrogens with zero attached hydrogens (tertiary/aromatic N) is 3. The van der Waals surface area contributed by atoms with Gasteiger partial charge in [-0.05, 0) is 30.7 Å². The quantitative estimate of drug-likeness (QED) is 0.540. The Labute approximate surface area is 166 Å². The van der Waals surface area contributed by atoms with Crippen molar-refractivity contribution in [3.8, 4) is 17.0 Å². The van der Waals surface area contributed by atoms with Gasteiger partial charge in [0.05, 0.1) is 23.9 Å². The number of pyridine rings is 1. The molecule has 28 heavy (non-hydrogen) atoms. The van der Waals surface area contributed by atoms with E-state index in [1.54, 1.807) is 13.2 Å². The SMILES string of the molecule is CCc1nnc(NC(=O)c2cc(-c3ccccc3)nc3ccc(OC)cc23)s1. The van der Waals surface area contributed by atoms with Crippen molar-refractivity contribution >= 4 is 33.3 Å². The lowest BCUT2D eigenvalue weighted by Gasteiger charge is -2.11. The summed E-state index contributed by atoms with van der Waals surface area (Å²) in [4.78, 5) is 17.8. The van der Waals surface area contributed by atoms with E-state index in [-0.39, 0.29) is 5.91 Å². The molecule has 0 fully saturated rings. The third kappa shape index (κ3) is 3.57. The van der Waals surface area contributed by atoms with Crippen LogP contribution in [0.15, 0.2) is 54.6 Å². The second kappa shape index (κ2) is 7.74. The molecule has 0 saturated carbocycles. The molecule has 0 saturated heterocycles. The van der Waals surface area contributed by atoms with Gasteiger partial charge in [-0.25, -0.2) is 4.98 Å². The Bertz CT molecular complexity index is 1140. The second-order valence-electron chi connectivity index (χ2n) is 6.11. The molecule has 0 unspecified atom stereocenters. The number of hydrogen-bond donors (Lipinski definition) is 1. The van der Waals surface area contributed by atoms with Gasteiger partial charge in [0.1, 0.15) is 10.8 Å².